The van der Waals surface area contributed by atoms with Crippen LogP contribution in [0.2, 0.25) is 0 Å². The molecule has 0 fully saturated rings. The number of anilines is 1. The molecule has 6 heteroatoms. The van der Waals surface area contributed by atoms with Crippen LogP contribution < -0.4 is 5.32 Å². The van der Waals surface area contributed by atoms with Crippen molar-refractivity contribution < 1.29 is 19.4 Å². The number of aromatic nitrogens is 1. The monoisotopic (exact) mass is 352 g/mol. The van der Waals surface area contributed by atoms with Gasteiger partial charge in [-0.1, -0.05) is 6.07 Å². The van der Waals surface area contributed by atoms with Crippen molar-refractivity contribution in [1.29, 1.82) is 0 Å². The maximum atomic E-state index is 12.4. The van der Waals surface area contributed by atoms with Crippen molar-refractivity contribution in [3.63, 3.8) is 0 Å². The van der Waals surface area contributed by atoms with Gasteiger partial charge >= 0.3 is 5.97 Å². The first-order valence-corrected chi connectivity index (χ1v) is 8.20. The zero-order chi connectivity index (χ0) is 18.7. The van der Waals surface area contributed by atoms with Crippen molar-refractivity contribution in [2.45, 2.75) is 26.4 Å². The lowest BCUT2D eigenvalue weighted by molar-refractivity contribution is -0.301. The molecule has 134 valence electrons. The van der Waals surface area contributed by atoms with Gasteiger partial charge in [-0.25, -0.2) is 4.79 Å². The topological polar surface area (TPSA) is 80.4 Å². The predicted octanol–water partition coefficient (Wildman–Crippen LogP) is 4.31. The summed E-state index contributed by atoms with van der Waals surface area (Å²) >= 11 is 0. The summed E-state index contributed by atoms with van der Waals surface area (Å²) < 4.78 is 0. The number of carbonyl (C=O) groups is 2. The molecule has 2 N–H and O–H groups in total. The largest absolute Gasteiger partial charge is 0.373 e. The van der Waals surface area contributed by atoms with Crippen molar-refractivity contribution in [1.82, 2.24) is 4.98 Å². The Morgan fingerprint density at radius 1 is 0.962 bits per heavy atom. The number of hydrogen-bond donors (Lipinski definition) is 2. The van der Waals surface area contributed by atoms with Crippen molar-refractivity contribution in [2.24, 2.45) is 0 Å². The number of aromatic amines is 1. The number of benzene rings is 2. The molecule has 3 aromatic rings. The van der Waals surface area contributed by atoms with Crippen molar-refractivity contribution in [2.75, 3.05) is 5.32 Å². The number of rotatable bonds is 4. The van der Waals surface area contributed by atoms with Gasteiger partial charge in [-0.15, -0.1) is 0 Å². The van der Waals surface area contributed by atoms with Crippen LogP contribution >= 0.6 is 0 Å². The number of amides is 1. The Kier molecular flexibility index (Phi) is 4.77. The molecule has 26 heavy (non-hydrogen) atoms. The van der Waals surface area contributed by atoms with Crippen LogP contribution in [0.4, 0.5) is 5.69 Å². The smallest absolute Gasteiger partial charge is 0.361 e. The summed E-state index contributed by atoms with van der Waals surface area (Å²) in [5.74, 6) is -0.817. The van der Waals surface area contributed by atoms with Crippen LogP contribution in [-0.4, -0.2) is 22.5 Å². The van der Waals surface area contributed by atoms with Gasteiger partial charge in [0.25, 0.3) is 5.91 Å². The van der Waals surface area contributed by atoms with E-state index in [2.05, 4.69) is 10.3 Å². The van der Waals surface area contributed by atoms with E-state index >= 15 is 0 Å². The number of hydrogen-bond acceptors (Lipinski definition) is 4. The van der Waals surface area contributed by atoms with Crippen molar-refractivity contribution in [3.05, 3.63) is 65.9 Å². The van der Waals surface area contributed by atoms with Crippen LogP contribution in [-0.2, 0) is 9.78 Å². The van der Waals surface area contributed by atoms with E-state index in [4.69, 9.17) is 9.78 Å². The molecule has 0 radical (unpaired) electrons. The molecule has 0 aliphatic rings. The summed E-state index contributed by atoms with van der Waals surface area (Å²) in [5.41, 5.74) is 1.77. The van der Waals surface area contributed by atoms with E-state index < -0.39 is 11.6 Å². The van der Waals surface area contributed by atoms with Gasteiger partial charge in [0.1, 0.15) is 5.60 Å². The number of H-pyrrole nitrogens is 1. The molecule has 2 aromatic carbocycles. The number of fused-ring (bicyclic) bond motifs is 1. The quantitative estimate of drug-likeness (QED) is 0.542. The SMILES string of the molecule is CC(C)(C)OOC(=O)c1ccc(NC(=O)c2ccc3cc[nH]c3c2)cc1. The summed E-state index contributed by atoms with van der Waals surface area (Å²) in [6.45, 7) is 5.34. The highest BCUT2D eigenvalue weighted by molar-refractivity contribution is 6.06. The highest BCUT2D eigenvalue weighted by atomic mass is 17.2. The Morgan fingerprint density at radius 2 is 1.65 bits per heavy atom. The van der Waals surface area contributed by atoms with Crippen LogP contribution in [0, 0.1) is 0 Å². The minimum Gasteiger partial charge on any atom is -0.361 e. The molecular formula is C20H20N2O4. The average Bonchev–Trinajstić information content (AvgIpc) is 3.07. The van der Waals surface area contributed by atoms with Gasteiger partial charge in [-0.2, -0.15) is 4.89 Å². The van der Waals surface area contributed by atoms with Gasteiger partial charge in [0.2, 0.25) is 0 Å². The molecule has 6 nitrogen and oxygen atoms in total. The molecule has 0 unspecified atom stereocenters. The lowest BCUT2D eigenvalue weighted by Gasteiger charge is -2.16. The molecule has 1 aromatic heterocycles. The Bertz CT molecular complexity index is 936. The number of carbonyl (C=O) groups excluding carboxylic acids is 2. The summed E-state index contributed by atoms with van der Waals surface area (Å²) in [4.78, 5) is 37.2. The van der Waals surface area contributed by atoms with E-state index in [1.165, 1.54) is 0 Å². The van der Waals surface area contributed by atoms with E-state index in [0.29, 0.717) is 16.8 Å². The zero-order valence-electron chi connectivity index (χ0n) is 14.8. The van der Waals surface area contributed by atoms with Crippen LogP contribution in [0.1, 0.15) is 41.5 Å². The summed E-state index contributed by atoms with van der Waals surface area (Å²) in [7, 11) is 0. The van der Waals surface area contributed by atoms with Gasteiger partial charge in [0.05, 0.1) is 5.56 Å². The lowest BCUT2D eigenvalue weighted by Crippen LogP contribution is -2.22. The Morgan fingerprint density at radius 3 is 2.35 bits per heavy atom. The first-order valence-electron chi connectivity index (χ1n) is 8.20. The molecule has 0 saturated heterocycles. The Labute approximate surface area is 151 Å². The van der Waals surface area contributed by atoms with Gasteiger partial charge < -0.3 is 10.3 Å². The van der Waals surface area contributed by atoms with E-state index in [9.17, 15) is 9.59 Å². The van der Waals surface area contributed by atoms with E-state index in [1.54, 1.807) is 57.2 Å². The number of nitrogens with one attached hydrogen (secondary N) is 2. The maximum absolute atomic E-state index is 12.4. The highest BCUT2D eigenvalue weighted by Gasteiger charge is 2.16. The van der Waals surface area contributed by atoms with Gasteiger partial charge in [-0.05, 0) is 68.6 Å². The maximum Gasteiger partial charge on any atom is 0.373 e. The van der Waals surface area contributed by atoms with Crippen molar-refractivity contribution >= 4 is 28.5 Å². The summed E-state index contributed by atoms with van der Waals surface area (Å²) in [6, 6.07) is 13.8. The third-order valence-electron chi connectivity index (χ3n) is 3.56. The molecule has 0 bridgehead atoms. The van der Waals surface area contributed by atoms with Crippen LogP contribution in [0.3, 0.4) is 0 Å². The molecule has 0 aliphatic heterocycles. The molecule has 0 aliphatic carbocycles. The zero-order valence-corrected chi connectivity index (χ0v) is 14.8. The second-order valence-corrected chi connectivity index (χ2v) is 6.88. The fourth-order valence-electron chi connectivity index (χ4n) is 2.29. The van der Waals surface area contributed by atoms with E-state index in [0.717, 1.165) is 10.9 Å². The van der Waals surface area contributed by atoms with Gasteiger partial charge in [0, 0.05) is 23.0 Å². The molecule has 0 saturated carbocycles. The fraction of sp³-hybridized carbons (Fsp3) is 0.200. The summed E-state index contributed by atoms with van der Waals surface area (Å²) in [6.07, 6.45) is 1.83. The van der Waals surface area contributed by atoms with Crippen molar-refractivity contribution in [3.8, 4) is 0 Å². The van der Waals surface area contributed by atoms with Gasteiger partial charge in [-0.3, -0.25) is 9.68 Å². The molecule has 1 amide bonds. The van der Waals surface area contributed by atoms with Crippen LogP contribution in [0.5, 0.6) is 0 Å². The first-order chi connectivity index (χ1) is 12.3. The third kappa shape index (κ3) is 4.29. The standard InChI is InChI=1S/C20H20N2O4/c1-20(2,3)26-25-19(24)14-6-8-16(9-7-14)22-18(23)15-5-4-13-10-11-21-17(13)12-15/h4-12,21H,1-3H3,(H,22,23). The Hall–Kier alpha value is -3.12. The molecule has 0 atom stereocenters. The molecule has 1 heterocycles. The van der Waals surface area contributed by atoms with E-state index in [-0.39, 0.29) is 5.91 Å². The molecule has 0 spiro atoms. The minimum atomic E-state index is -0.588. The van der Waals surface area contributed by atoms with Gasteiger partial charge in [0.15, 0.2) is 0 Å². The Balaban J connectivity index is 1.65. The van der Waals surface area contributed by atoms with Crippen LogP contribution in [0.15, 0.2) is 54.7 Å². The highest BCUT2D eigenvalue weighted by Crippen LogP contribution is 2.17. The van der Waals surface area contributed by atoms with E-state index in [1.807, 2.05) is 18.3 Å². The predicted molar refractivity (Wildman–Crippen MR) is 98.9 cm³/mol. The fourth-order valence-corrected chi connectivity index (χ4v) is 2.29. The minimum absolute atomic E-state index is 0.229. The summed E-state index contributed by atoms with van der Waals surface area (Å²) in [5, 5.41) is 3.84. The molecule has 3 rings (SSSR count). The first kappa shape index (κ1) is 17.7. The third-order valence-corrected chi connectivity index (χ3v) is 3.56. The normalized spacial score (nSPS) is 11.3. The second-order valence-electron chi connectivity index (χ2n) is 6.88. The van der Waals surface area contributed by atoms with Crippen LogP contribution in [0.25, 0.3) is 10.9 Å². The average molecular weight is 352 g/mol. The lowest BCUT2D eigenvalue weighted by atomic mass is 10.1. The molecular weight excluding hydrogens is 332 g/mol. The second kappa shape index (κ2) is 7.01.